The van der Waals surface area contributed by atoms with Crippen molar-refractivity contribution in [2.45, 2.75) is 32.9 Å². The highest BCUT2D eigenvalue weighted by Gasteiger charge is 2.15. The van der Waals surface area contributed by atoms with E-state index in [1.807, 2.05) is 24.9 Å². The van der Waals surface area contributed by atoms with Gasteiger partial charge in [-0.2, -0.15) is 5.10 Å². The number of nitrogens with zero attached hydrogens (tertiary/aromatic N) is 4. The molecule has 0 aliphatic rings. The fraction of sp³-hybridized carbons (Fsp3) is 0.545. The summed E-state index contributed by atoms with van der Waals surface area (Å²) in [6.07, 6.45) is 4.39. The van der Waals surface area contributed by atoms with Crippen molar-refractivity contribution in [3.63, 3.8) is 0 Å². The van der Waals surface area contributed by atoms with Crippen molar-refractivity contribution in [1.82, 2.24) is 25.1 Å². The molecule has 92 valence electrons. The van der Waals surface area contributed by atoms with Crippen LogP contribution in [0.15, 0.2) is 12.5 Å². The van der Waals surface area contributed by atoms with E-state index < -0.39 is 0 Å². The Labute approximate surface area is 105 Å². The van der Waals surface area contributed by atoms with Gasteiger partial charge in [0.25, 0.3) is 0 Å². The van der Waals surface area contributed by atoms with Gasteiger partial charge in [-0.15, -0.1) is 11.3 Å². The third-order valence-corrected chi connectivity index (χ3v) is 3.74. The Morgan fingerprint density at radius 1 is 1.47 bits per heavy atom. The van der Waals surface area contributed by atoms with E-state index in [9.17, 15) is 0 Å². The van der Waals surface area contributed by atoms with Crippen LogP contribution in [-0.4, -0.2) is 26.8 Å². The Morgan fingerprint density at radius 3 is 2.88 bits per heavy atom. The molecule has 6 heteroatoms. The standard InChI is InChI=1S/C11H17N5S/c1-4-16-11(14-7-15-16)5-9(12-3)10-6-13-8(2)17-10/h6-7,9,12H,4-5H2,1-3H3. The van der Waals surface area contributed by atoms with Gasteiger partial charge in [-0.1, -0.05) is 0 Å². The summed E-state index contributed by atoms with van der Waals surface area (Å²) in [7, 11) is 1.96. The molecule has 2 aromatic rings. The largest absolute Gasteiger partial charge is 0.312 e. The number of thiazole rings is 1. The van der Waals surface area contributed by atoms with Gasteiger partial charge in [0.15, 0.2) is 0 Å². The lowest BCUT2D eigenvalue weighted by Gasteiger charge is -2.13. The molecule has 5 nitrogen and oxygen atoms in total. The molecule has 1 atom stereocenters. The molecular formula is C11H17N5S. The van der Waals surface area contributed by atoms with Crippen LogP contribution in [0.5, 0.6) is 0 Å². The molecule has 0 aliphatic carbocycles. The van der Waals surface area contributed by atoms with Gasteiger partial charge in [-0.3, -0.25) is 4.68 Å². The molecule has 0 bridgehead atoms. The Hall–Kier alpha value is -1.27. The van der Waals surface area contributed by atoms with Crippen molar-refractivity contribution in [3.05, 3.63) is 28.2 Å². The van der Waals surface area contributed by atoms with Crippen LogP contribution in [0.2, 0.25) is 0 Å². The zero-order valence-corrected chi connectivity index (χ0v) is 11.2. The first-order valence-electron chi connectivity index (χ1n) is 5.70. The van der Waals surface area contributed by atoms with E-state index in [2.05, 4.69) is 27.3 Å². The number of nitrogens with one attached hydrogen (secondary N) is 1. The summed E-state index contributed by atoms with van der Waals surface area (Å²) in [5.74, 6) is 1.01. The lowest BCUT2D eigenvalue weighted by atomic mass is 10.2. The molecule has 0 spiro atoms. The molecule has 2 rings (SSSR count). The van der Waals surface area contributed by atoms with Gasteiger partial charge in [-0.05, 0) is 20.9 Å². The first-order chi connectivity index (χ1) is 8.24. The van der Waals surface area contributed by atoms with Gasteiger partial charge >= 0.3 is 0 Å². The van der Waals surface area contributed by atoms with Gasteiger partial charge in [0.2, 0.25) is 0 Å². The summed E-state index contributed by atoms with van der Waals surface area (Å²) in [6.45, 7) is 4.95. The summed E-state index contributed by atoms with van der Waals surface area (Å²) in [6, 6.07) is 0.260. The summed E-state index contributed by atoms with van der Waals surface area (Å²) in [5.41, 5.74) is 0. The van der Waals surface area contributed by atoms with Gasteiger partial charge in [0, 0.05) is 30.1 Å². The number of likely N-dealkylation sites (N-methyl/N-ethyl adjacent to an activating group) is 1. The normalized spacial score (nSPS) is 12.9. The Kier molecular flexibility index (Phi) is 3.86. The first kappa shape index (κ1) is 12.2. The Morgan fingerprint density at radius 2 is 2.29 bits per heavy atom. The van der Waals surface area contributed by atoms with Crippen molar-refractivity contribution >= 4 is 11.3 Å². The molecule has 2 aromatic heterocycles. The molecule has 0 saturated heterocycles. The van der Waals surface area contributed by atoms with Crippen molar-refractivity contribution in [3.8, 4) is 0 Å². The number of hydrogen-bond acceptors (Lipinski definition) is 5. The van der Waals surface area contributed by atoms with Gasteiger partial charge in [-0.25, -0.2) is 9.97 Å². The van der Waals surface area contributed by atoms with Gasteiger partial charge in [0.05, 0.1) is 5.01 Å². The van der Waals surface area contributed by atoms with Crippen molar-refractivity contribution in [2.24, 2.45) is 0 Å². The molecule has 0 amide bonds. The number of aryl methyl sites for hydroxylation is 2. The smallest absolute Gasteiger partial charge is 0.138 e. The van der Waals surface area contributed by atoms with Crippen LogP contribution in [0.25, 0.3) is 0 Å². The van der Waals surface area contributed by atoms with Crippen LogP contribution in [0, 0.1) is 6.92 Å². The maximum Gasteiger partial charge on any atom is 0.138 e. The second-order valence-electron chi connectivity index (χ2n) is 3.82. The van der Waals surface area contributed by atoms with Crippen LogP contribution in [-0.2, 0) is 13.0 Å². The highest BCUT2D eigenvalue weighted by Crippen LogP contribution is 2.22. The zero-order chi connectivity index (χ0) is 12.3. The van der Waals surface area contributed by atoms with E-state index in [0.29, 0.717) is 0 Å². The monoisotopic (exact) mass is 251 g/mol. The maximum atomic E-state index is 4.30. The molecule has 1 unspecified atom stereocenters. The average molecular weight is 251 g/mol. The topological polar surface area (TPSA) is 55.6 Å². The first-order valence-corrected chi connectivity index (χ1v) is 6.52. The molecule has 0 aromatic carbocycles. The molecule has 0 saturated carbocycles. The maximum absolute atomic E-state index is 4.30. The highest BCUT2D eigenvalue weighted by molar-refractivity contribution is 7.11. The van der Waals surface area contributed by atoms with Crippen molar-refractivity contribution < 1.29 is 0 Å². The van der Waals surface area contributed by atoms with Crippen LogP contribution in [0.3, 0.4) is 0 Å². The minimum Gasteiger partial charge on any atom is -0.312 e. The number of hydrogen-bond donors (Lipinski definition) is 1. The molecule has 0 fully saturated rings. The van der Waals surface area contributed by atoms with Gasteiger partial charge < -0.3 is 5.32 Å². The van der Waals surface area contributed by atoms with Crippen LogP contribution in [0.4, 0.5) is 0 Å². The van der Waals surface area contributed by atoms with Crippen LogP contribution in [0.1, 0.15) is 28.7 Å². The van der Waals surface area contributed by atoms with E-state index >= 15 is 0 Å². The Bertz CT molecular complexity index is 476. The minimum absolute atomic E-state index is 0.260. The van der Waals surface area contributed by atoms with Gasteiger partial charge in [0.1, 0.15) is 12.2 Å². The molecule has 0 radical (unpaired) electrons. The minimum atomic E-state index is 0.260. The summed E-state index contributed by atoms with van der Waals surface area (Å²) >= 11 is 1.72. The van der Waals surface area contributed by atoms with Crippen molar-refractivity contribution in [2.75, 3.05) is 7.05 Å². The second-order valence-corrected chi connectivity index (χ2v) is 5.09. The lowest BCUT2D eigenvalue weighted by molar-refractivity contribution is 0.538. The van der Waals surface area contributed by atoms with E-state index in [1.165, 1.54) is 4.88 Å². The highest BCUT2D eigenvalue weighted by atomic mass is 32.1. The molecule has 0 aliphatic heterocycles. The van der Waals surface area contributed by atoms with E-state index in [1.54, 1.807) is 17.7 Å². The van der Waals surface area contributed by atoms with E-state index in [0.717, 1.165) is 23.8 Å². The fourth-order valence-electron chi connectivity index (χ4n) is 1.78. The van der Waals surface area contributed by atoms with Crippen LogP contribution >= 0.6 is 11.3 Å². The molecular weight excluding hydrogens is 234 g/mol. The summed E-state index contributed by atoms with van der Waals surface area (Å²) in [5, 5.41) is 8.59. The summed E-state index contributed by atoms with van der Waals surface area (Å²) < 4.78 is 1.93. The number of rotatable bonds is 5. The molecule has 1 N–H and O–H groups in total. The zero-order valence-electron chi connectivity index (χ0n) is 10.3. The molecule has 2 heterocycles. The third kappa shape index (κ3) is 2.70. The number of aromatic nitrogens is 4. The van der Waals surface area contributed by atoms with Crippen molar-refractivity contribution in [1.29, 1.82) is 0 Å². The predicted molar refractivity (Wildman–Crippen MR) is 68.1 cm³/mol. The van der Waals surface area contributed by atoms with Crippen LogP contribution < -0.4 is 5.32 Å². The second kappa shape index (κ2) is 5.37. The fourth-order valence-corrected chi connectivity index (χ4v) is 2.67. The van der Waals surface area contributed by atoms with E-state index in [4.69, 9.17) is 0 Å². The quantitative estimate of drug-likeness (QED) is 0.876. The summed E-state index contributed by atoms with van der Waals surface area (Å²) in [4.78, 5) is 9.84. The predicted octanol–water partition coefficient (Wildman–Crippen LogP) is 1.57. The SMILES string of the molecule is CCn1ncnc1CC(NC)c1cnc(C)s1. The molecule has 17 heavy (non-hydrogen) atoms. The third-order valence-electron chi connectivity index (χ3n) is 2.71. The van der Waals surface area contributed by atoms with E-state index in [-0.39, 0.29) is 6.04 Å². The lowest BCUT2D eigenvalue weighted by Crippen LogP contribution is -2.20. The Balaban J connectivity index is 2.15. The average Bonchev–Trinajstić information content (AvgIpc) is 2.94.